The first-order valence-electron chi connectivity index (χ1n) is 4.36. The van der Waals surface area contributed by atoms with Gasteiger partial charge in [-0.05, 0) is 17.9 Å². The van der Waals surface area contributed by atoms with Crippen molar-refractivity contribution < 1.29 is 9.53 Å². The van der Waals surface area contributed by atoms with Crippen LogP contribution in [-0.2, 0) is 9.53 Å². The van der Waals surface area contributed by atoms with Crippen molar-refractivity contribution >= 4 is 24.2 Å². The van der Waals surface area contributed by atoms with E-state index in [-0.39, 0.29) is 5.97 Å². The Kier molecular flexibility index (Phi) is 4.26. The maximum absolute atomic E-state index is 11.4. The Labute approximate surface area is 89.0 Å². The van der Waals surface area contributed by atoms with Crippen molar-refractivity contribution in [1.82, 2.24) is 0 Å². The second-order valence-electron chi connectivity index (χ2n) is 2.63. The van der Waals surface area contributed by atoms with Crippen molar-refractivity contribution in [2.75, 3.05) is 6.61 Å². The highest BCUT2D eigenvalue weighted by molar-refractivity contribution is 7.83. The number of carbonyl (C=O) groups excluding carboxylic acids is 1. The molecule has 1 aromatic carbocycles. The minimum absolute atomic E-state index is 0.339. The first-order chi connectivity index (χ1) is 6.79. The van der Waals surface area contributed by atoms with Crippen LogP contribution in [0.3, 0.4) is 0 Å². The summed E-state index contributed by atoms with van der Waals surface area (Å²) in [6.07, 6.45) is 0. The topological polar surface area (TPSA) is 26.3 Å². The molecule has 0 spiro atoms. The number of thiol groups is 1. The predicted octanol–water partition coefficient (Wildman–Crippen LogP) is 2.52. The molecule has 74 valence electrons. The van der Waals surface area contributed by atoms with Crippen LogP contribution in [0.15, 0.2) is 35.7 Å². The average molecular weight is 208 g/mol. The molecule has 0 aliphatic heterocycles. The fraction of sp³-hybridized carbons (Fsp3) is 0.182. The van der Waals surface area contributed by atoms with E-state index in [1.54, 1.807) is 6.92 Å². The van der Waals surface area contributed by atoms with E-state index in [1.807, 2.05) is 30.3 Å². The highest BCUT2D eigenvalue weighted by Crippen LogP contribution is 2.16. The van der Waals surface area contributed by atoms with Gasteiger partial charge in [0.05, 0.1) is 12.2 Å². The van der Waals surface area contributed by atoms with E-state index in [9.17, 15) is 4.79 Å². The smallest absolute Gasteiger partial charge is 0.339 e. The summed E-state index contributed by atoms with van der Waals surface area (Å²) in [4.78, 5) is 11.4. The molecule has 0 bridgehead atoms. The van der Waals surface area contributed by atoms with Gasteiger partial charge >= 0.3 is 5.97 Å². The molecule has 0 radical (unpaired) electrons. The van der Waals surface area contributed by atoms with Crippen LogP contribution >= 0.6 is 12.6 Å². The Bertz CT molecular complexity index is 330. The van der Waals surface area contributed by atoms with Crippen molar-refractivity contribution in [1.29, 1.82) is 0 Å². The SMILES string of the molecule is CCOC(=O)C(=CS)c1ccccc1. The molecular weight excluding hydrogens is 196 g/mol. The molecule has 0 heterocycles. The lowest BCUT2D eigenvalue weighted by molar-refractivity contribution is -0.136. The number of esters is 1. The lowest BCUT2D eigenvalue weighted by Crippen LogP contribution is -2.06. The summed E-state index contributed by atoms with van der Waals surface area (Å²) in [7, 11) is 0. The Hall–Kier alpha value is -1.22. The molecule has 2 nitrogen and oxygen atoms in total. The van der Waals surface area contributed by atoms with Crippen LogP contribution in [0.4, 0.5) is 0 Å². The molecule has 0 saturated carbocycles. The van der Waals surface area contributed by atoms with E-state index in [1.165, 1.54) is 5.41 Å². The van der Waals surface area contributed by atoms with Gasteiger partial charge in [-0.2, -0.15) is 12.6 Å². The van der Waals surface area contributed by atoms with Crippen LogP contribution in [0.25, 0.3) is 5.57 Å². The molecule has 0 aliphatic rings. The molecule has 0 aliphatic carbocycles. The van der Waals surface area contributed by atoms with Gasteiger partial charge in [0, 0.05) is 0 Å². The minimum Gasteiger partial charge on any atom is -0.462 e. The Balaban J connectivity index is 2.89. The van der Waals surface area contributed by atoms with Crippen LogP contribution in [-0.4, -0.2) is 12.6 Å². The van der Waals surface area contributed by atoms with E-state index in [0.29, 0.717) is 12.2 Å². The maximum atomic E-state index is 11.4. The fourth-order valence-electron chi connectivity index (χ4n) is 1.07. The van der Waals surface area contributed by atoms with E-state index in [0.717, 1.165) is 5.56 Å². The third kappa shape index (κ3) is 2.64. The van der Waals surface area contributed by atoms with Crippen LogP contribution in [0.5, 0.6) is 0 Å². The number of hydrogen-bond acceptors (Lipinski definition) is 3. The normalized spacial score (nSPS) is 11.1. The number of rotatable bonds is 3. The summed E-state index contributed by atoms with van der Waals surface area (Å²) in [5, 5.41) is 1.47. The van der Waals surface area contributed by atoms with Crippen molar-refractivity contribution in [2.45, 2.75) is 6.92 Å². The van der Waals surface area contributed by atoms with Crippen LogP contribution in [0, 0.1) is 0 Å². The highest BCUT2D eigenvalue weighted by Gasteiger charge is 2.11. The van der Waals surface area contributed by atoms with Gasteiger partial charge in [-0.3, -0.25) is 0 Å². The molecule has 0 aromatic heterocycles. The van der Waals surface area contributed by atoms with Gasteiger partial charge in [-0.15, -0.1) is 0 Å². The van der Waals surface area contributed by atoms with E-state index in [2.05, 4.69) is 12.6 Å². The quantitative estimate of drug-likeness (QED) is 0.469. The van der Waals surface area contributed by atoms with Crippen molar-refractivity contribution in [3.05, 3.63) is 41.3 Å². The molecule has 0 amide bonds. The molecule has 14 heavy (non-hydrogen) atoms. The van der Waals surface area contributed by atoms with E-state index >= 15 is 0 Å². The molecular formula is C11H12O2S. The molecule has 0 unspecified atom stereocenters. The first-order valence-corrected chi connectivity index (χ1v) is 4.88. The second kappa shape index (κ2) is 5.50. The summed E-state index contributed by atoms with van der Waals surface area (Å²) in [5.41, 5.74) is 1.30. The van der Waals surface area contributed by atoms with Gasteiger partial charge in [-0.25, -0.2) is 4.79 Å². The lowest BCUT2D eigenvalue weighted by atomic mass is 10.1. The predicted molar refractivity (Wildman–Crippen MR) is 60.0 cm³/mol. The average Bonchev–Trinajstić information content (AvgIpc) is 2.21. The molecule has 3 heteroatoms. The van der Waals surface area contributed by atoms with E-state index < -0.39 is 0 Å². The third-order valence-corrected chi connectivity index (χ3v) is 1.97. The zero-order valence-corrected chi connectivity index (χ0v) is 8.83. The molecule has 0 N–H and O–H groups in total. The number of ether oxygens (including phenoxy) is 1. The number of carbonyl (C=O) groups is 1. The van der Waals surface area contributed by atoms with Crippen molar-refractivity contribution in [3.63, 3.8) is 0 Å². The zero-order chi connectivity index (χ0) is 10.4. The van der Waals surface area contributed by atoms with Gasteiger partial charge in [0.25, 0.3) is 0 Å². The Morgan fingerprint density at radius 2 is 2.07 bits per heavy atom. The van der Waals surface area contributed by atoms with Crippen LogP contribution < -0.4 is 0 Å². The standard InChI is InChI=1S/C11H12O2S/c1-2-13-11(12)10(8-14)9-6-4-3-5-7-9/h3-8,14H,2H2,1H3. The minimum atomic E-state index is -0.339. The summed E-state index contributed by atoms with van der Waals surface area (Å²) in [5.74, 6) is -0.339. The van der Waals surface area contributed by atoms with Gasteiger partial charge in [0.1, 0.15) is 0 Å². The fourth-order valence-corrected chi connectivity index (χ4v) is 1.33. The Morgan fingerprint density at radius 3 is 2.57 bits per heavy atom. The summed E-state index contributed by atoms with van der Waals surface area (Å²) < 4.78 is 4.89. The molecule has 0 fully saturated rings. The van der Waals surface area contributed by atoms with Gasteiger partial charge < -0.3 is 4.74 Å². The zero-order valence-electron chi connectivity index (χ0n) is 7.93. The summed E-state index contributed by atoms with van der Waals surface area (Å²) in [6.45, 7) is 2.15. The second-order valence-corrected chi connectivity index (χ2v) is 2.89. The third-order valence-electron chi connectivity index (χ3n) is 1.71. The van der Waals surface area contributed by atoms with Gasteiger partial charge in [0.2, 0.25) is 0 Å². The molecule has 0 atom stereocenters. The van der Waals surface area contributed by atoms with Crippen LogP contribution in [0.2, 0.25) is 0 Å². The lowest BCUT2D eigenvalue weighted by Gasteiger charge is -2.05. The molecule has 1 rings (SSSR count). The summed E-state index contributed by atoms with van der Waals surface area (Å²) >= 11 is 4.00. The van der Waals surface area contributed by atoms with Gasteiger partial charge in [0.15, 0.2) is 0 Å². The van der Waals surface area contributed by atoms with Gasteiger partial charge in [-0.1, -0.05) is 30.3 Å². The Morgan fingerprint density at radius 1 is 1.43 bits per heavy atom. The first kappa shape index (κ1) is 10.9. The highest BCUT2D eigenvalue weighted by atomic mass is 32.1. The molecule has 1 aromatic rings. The monoisotopic (exact) mass is 208 g/mol. The molecule has 0 saturated heterocycles. The number of hydrogen-bond donors (Lipinski definition) is 1. The van der Waals surface area contributed by atoms with Crippen molar-refractivity contribution in [2.24, 2.45) is 0 Å². The summed E-state index contributed by atoms with van der Waals surface area (Å²) in [6, 6.07) is 9.32. The maximum Gasteiger partial charge on any atom is 0.339 e. The number of benzene rings is 1. The van der Waals surface area contributed by atoms with Crippen LogP contribution in [0.1, 0.15) is 12.5 Å². The van der Waals surface area contributed by atoms with E-state index in [4.69, 9.17) is 4.74 Å². The largest absolute Gasteiger partial charge is 0.462 e. The van der Waals surface area contributed by atoms with Crippen molar-refractivity contribution in [3.8, 4) is 0 Å².